The number of aliphatic hydroxyl groups excluding tert-OH is 9. The number of aliphatic imine (C=N–C) groups is 1. The molecule has 18 atom stereocenters. The molecule has 0 amide bonds. The van der Waals surface area contributed by atoms with Crippen molar-refractivity contribution in [3.8, 4) is 0 Å². The lowest BCUT2D eigenvalue weighted by molar-refractivity contribution is -0.333. The Morgan fingerprint density at radius 1 is 0.816 bits per heavy atom. The number of hydrogen-bond acceptors (Lipinski definition) is 17. The van der Waals surface area contributed by atoms with Gasteiger partial charge in [0.05, 0.1) is 54.9 Å². The molecule has 20 nitrogen and oxygen atoms in total. The third kappa shape index (κ3) is 25.6. The second-order valence-corrected chi connectivity index (χ2v) is 21.3. The van der Waals surface area contributed by atoms with Crippen LogP contribution in [0.4, 0.5) is 0 Å². The maximum atomic E-state index is 13.3. The highest BCUT2D eigenvalue weighted by atomic mass is 16.7. The molecule has 0 radical (unpaired) electrons. The summed E-state index contributed by atoms with van der Waals surface area (Å²) in [5.41, 5.74) is 0.484. The molecule has 0 spiro atoms. The summed E-state index contributed by atoms with van der Waals surface area (Å²) in [5, 5.41) is 126. The summed E-state index contributed by atoms with van der Waals surface area (Å²) in [5.74, 6) is -7.07. The summed E-state index contributed by atoms with van der Waals surface area (Å²) in [6.07, 6.45) is 2.44. The Balaban J connectivity index is 2.39. The third-order valence-electron chi connectivity index (χ3n) is 14.7. The van der Waals surface area contributed by atoms with Crippen LogP contribution in [-0.4, -0.2) is 180 Å². The zero-order chi connectivity index (χ0) is 57.1. The van der Waals surface area contributed by atoms with E-state index >= 15 is 0 Å². The van der Waals surface area contributed by atoms with E-state index in [1.54, 1.807) is 59.0 Å². The van der Waals surface area contributed by atoms with Crippen LogP contribution in [0.25, 0.3) is 0 Å². The lowest BCUT2D eigenvalue weighted by Gasteiger charge is -2.45. The number of carbonyl (C=O) groups excluding carboxylic acids is 2. The fraction of sp³-hybridized carbons (Fsp3) is 0.750. The molecule has 1 saturated heterocycles. The Morgan fingerprint density at radius 3 is 2.13 bits per heavy atom. The van der Waals surface area contributed by atoms with Gasteiger partial charge in [-0.15, -0.1) is 0 Å². The fourth-order valence-electron chi connectivity index (χ4n) is 9.52. The number of rotatable bonds is 12. The van der Waals surface area contributed by atoms with E-state index in [-0.39, 0.29) is 63.2 Å². The molecule has 0 saturated carbocycles. The van der Waals surface area contributed by atoms with Crippen LogP contribution >= 0.6 is 0 Å². The molecule has 13 N–H and O–H groups in total. The van der Waals surface area contributed by atoms with Gasteiger partial charge in [-0.1, -0.05) is 83.2 Å². The first kappa shape index (κ1) is 68.0. The quantitative estimate of drug-likeness (QED) is 0.0333. The minimum Gasteiger partial charge on any atom is -0.481 e. The number of esters is 2. The lowest BCUT2D eigenvalue weighted by Crippen LogP contribution is -2.60. The van der Waals surface area contributed by atoms with Crippen LogP contribution in [0, 0.1) is 29.6 Å². The highest BCUT2D eigenvalue weighted by molar-refractivity contribution is 5.90. The summed E-state index contributed by atoms with van der Waals surface area (Å²) in [6, 6.07) is 0. The highest BCUT2D eigenvalue weighted by Gasteiger charge is 2.50. The van der Waals surface area contributed by atoms with Crippen molar-refractivity contribution in [2.45, 2.75) is 217 Å². The number of fused-ring (bicyclic) bond motifs is 2. The molecule has 0 aliphatic carbocycles. The van der Waals surface area contributed by atoms with E-state index in [0.717, 1.165) is 44.6 Å². The molecular formula is C56H95N3O17. The number of aliphatic carboxylic acids is 1. The van der Waals surface area contributed by atoms with Crippen LogP contribution in [0.2, 0.25) is 0 Å². The summed E-state index contributed by atoms with van der Waals surface area (Å²) < 4.78 is 17.4. The smallest absolute Gasteiger partial charge is 0.331 e. The summed E-state index contributed by atoms with van der Waals surface area (Å²) in [6.45, 7) is 11.4. The Kier molecular flexibility index (Phi) is 31.7. The van der Waals surface area contributed by atoms with Gasteiger partial charge < -0.3 is 81.0 Å². The van der Waals surface area contributed by atoms with Crippen molar-refractivity contribution in [2.24, 2.45) is 34.6 Å². The number of cyclic esters (lactones) is 1. The predicted octanol–water partition coefficient (Wildman–Crippen LogP) is 3.24. The molecule has 2 aliphatic rings. The van der Waals surface area contributed by atoms with Crippen molar-refractivity contribution >= 4 is 23.9 Å². The average Bonchev–Trinajstić information content (AvgIpc) is 3.34. The van der Waals surface area contributed by atoms with E-state index in [0.29, 0.717) is 5.57 Å². The Bertz CT molecular complexity index is 1900. The van der Waals surface area contributed by atoms with Gasteiger partial charge in [-0.3, -0.25) is 14.6 Å². The zero-order valence-corrected chi connectivity index (χ0v) is 46.1. The molecule has 436 valence electrons. The molecule has 2 bridgehead atoms. The monoisotopic (exact) mass is 1080 g/mol. The zero-order valence-electron chi connectivity index (χ0n) is 46.1. The van der Waals surface area contributed by atoms with E-state index < -0.39 is 128 Å². The maximum Gasteiger partial charge on any atom is 0.331 e. The molecule has 76 heavy (non-hydrogen) atoms. The topological polar surface area (TPSA) is 338 Å². The number of carboxylic acid groups (broad SMARTS) is 1. The second-order valence-electron chi connectivity index (χ2n) is 21.3. The minimum atomic E-state index is -2.52. The van der Waals surface area contributed by atoms with E-state index in [1.807, 2.05) is 27.0 Å². The van der Waals surface area contributed by atoms with Crippen LogP contribution in [0.15, 0.2) is 65.2 Å². The number of unbranched alkanes of at least 4 members (excludes halogenated alkanes) is 2. The first-order valence-electron chi connectivity index (χ1n) is 27.2. The number of hydrogen-bond donors (Lipinski definition) is 13. The molecule has 20 heteroatoms. The normalized spacial score (nSPS) is 37.5. The van der Waals surface area contributed by atoms with E-state index in [9.17, 15) is 70.6 Å². The van der Waals surface area contributed by atoms with Crippen LogP contribution in [0.3, 0.4) is 0 Å². The van der Waals surface area contributed by atoms with Crippen molar-refractivity contribution in [2.75, 3.05) is 20.6 Å². The minimum absolute atomic E-state index is 0.0526. The molecule has 0 aromatic heterocycles. The van der Waals surface area contributed by atoms with Crippen molar-refractivity contribution < 1.29 is 84.8 Å². The van der Waals surface area contributed by atoms with Crippen molar-refractivity contribution in [1.29, 1.82) is 0 Å². The van der Waals surface area contributed by atoms with Gasteiger partial charge in [-0.2, -0.15) is 0 Å². The van der Waals surface area contributed by atoms with Gasteiger partial charge in [-0.05, 0) is 75.7 Å². The largest absolute Gasteiger partial charge is 0.481 e. The van der Waals surface area contributed by atoms with E-state index in [4.69, 9.17) is 14.2 Å². The summed E-state index contributed by atoms with van der Waals surface area (Å²) in [7, 11) is 3.53. The molecule has 2 heterocycles. The highest BCUT2D eigenvalue weighted by Crippen LogP contribution is 2.36. The number of carboxylic acids is 1. The molecule has 0 aromatic rings. The van der Waals surface area contributed by atoms with Crippen molar-refractivity contribution in [3.63, 3.8) is 0 Å². The number of nitrogens with one attached hydrogen (secondary N) is 2. The number of ether oxygens (including phenoxy) is 3. The van der Waals surface area contributed by atoms with Crippen LogP contribution < -0.4 is 10.6 Å². The third-order valence-corrected chi connectivity index (χ3v) is 14.7. The van der Waals surface area contributed by atoms with Gasteiger partial charge in [0, 0.05) is 83.0 Å². The Hall–Kier alpha value is -4.06. The van der Waals surface area contributed by atoms with E-state index in [1.165, 1.54) is 12.2 Å². The lowest BCUT2D eigenvalue weighted by atomic mass is 9.84. The van der Waals surface area contributed by atoms with Gasteiger partial charge in [0.25, 0.3) is 0 Å². The Morgan fingerprint density at radius 2 is 1.47 bits per heavy atom. The van der Waals surface area contributed by atoms with Gasteiger partial charge in [0.15, 0.2) is 11.7 Å². The van der Waals surface area contributed by atoms with Crippen LogP contribution in [0.5, 0.6) is 0 Å². The first-order chi connectivity index (χ1) is 35.8. The van der Waals surface area contributed by atoms with Gasteiger partial charge in [-0.25, -0.2) is 4.79 Å². The predicted molar refractivity (Wildman–Crippen MR) is 287 cm³/mol. The average molecular weight is 1080 g/mol. The molecule has 0 aromatic carbocycles. The number of nitrogens with zero attached hydrogens (tertiary/aromatic N) is 1. The second kappa shape index (κ2) is 35.4. The first-order valence-corrected chi connectivity index (χ1v) is 27.2. The molecule has 18 unspecified atom stereocenters. The summed E-state index contributed by atoms with van der Waals surface area (Å²) in [4.78, 5) is 41.3. The molecule has 1 fully saturated rings. The van der Waals surface area contributed by atoms with E-state index in [2.05, 4.69) is 27.8 Å². The standard InChI is InChI=1S/C56H95N3O17/c1-34-18-14-15-22-51(70)75-53(37(4)19-13-11-9-10-12-16-25-59-55(57-7)58-8)38(5)21-17-20-35(2)45(63)28-41(61)26-40(60)27-42(74-52(71)32-50(68)69)29-43-30-48(66)54(72)56(73,76-43)33-49(67)36(3)23-24-44(62)39(6)47(65)31-46(34)64/h9-10,14-15,17-18,20-22,34,36-49,53-54,60-67,72-73H,11-13,16,19,23-33H2,1-8H3,(H,68,69)(H2,57,58,59)/b10-9+,18-14+,21-17+,22-15-,35-20+. The van der Waals surface area contributed by atoms with Gasteiger partial charge in [0.1, 0.15) is 24.7 Å². The van der Waals surface area contributed by atoms with Gasteiger partial charge >= 0.3 is 17.9 Å². The number of aliphatic hydroxyl groups is 10. The van der Waals surface area contributed by atoms with Crippen molar-refractivity contribution in [1.82, 2.24) is 10.6 Å². The van der Waals surface area contributed by atoms with Crippen LogP contribution in [0.1, 0.15) is 138 Å². The Labute approximate surface area is 450 Å². The number of allylic oxidation sites excluding steroid dienone is 6. The number of carbonyl (C=O) groups is 3. The molecule has 2 aliphatic heterocycles. The summed E-state index contributed by atoms with van der Waals surface area (Å²) >= 11 is 0. The maximum absolute atomic E-state index is 13.3. The SMILES string of the molecule is CN=C(NC)NCCC/C=C/CCCC(C)C1OC(=O)/C=C\C=C\C(C)C(O)CC(O)C(C)C(O)CCC(C)C(O)CC2(O)OC(CC(OC(=O)CC(=O)O)CC(O)CC(O)CC(O)/C(C)=C/C=C/C1C)CC(O)C2O. The fourth-order valence-corrected chi connectivity index (χ4v) is 9.52. The molecular weight excluding hydrogens is 987 g/mol. The number of guanidine groups is 1. The van der Waals surface area contributed by atoms with Crippen LogP contribution in [-0.2, 0) is 28.6 Å². The van der Waals surface area contributed by atoms with Crippen molar-refractivity contribution in [3.05, 3.63) is 60.3 Å². The van der Waals surface area contributed by atoms with Gasteiger partial charge in [0.2, 0.25) is 0 Å². The molecule has 2 rings (SSSR count).